The highest BCUT2D eigenvalue weighted by atomic mass is 16.5. The van der Waals surface area contributed by atoms with Gasteiger partial charge in [0, 0.05) is 7.11 Å². The van der Waals surface area contributed by atoms with E-state index in [4.69, 9.17) is 4.74 Å². The van der Waals surface area contributed by atoms with Gasteiger partial charge in [0.2, 0.25) is 0 Å². The van der Waals surface area contributed by atoms with Crippen molar-refractivity contribution < 1.29 is 4.74 Å². The molecule has 0 fully saturated rings. The average Bonchev–Trinajstić information content (AvgIpc) is 2.91. The maximum Gasteiger partial charge on any atom is 0.0657 e. The molecule has 0 N–H and O–H groups in total. The quantitative estimate of drug-likeness (QED) is 0.111. The molecular formula is C41H62O. The lowest BCUT2D eigenvalue weighted by molar-refractivity contribution is 0.0255. The fourth-order valence-corrected chi connectivity index (χ4v) is 3.79. The summed E-state index contributed by atoms with van der Waals surface area (Å²) in [6.45, 7) is 21.7. The fourth-order valence-electron chi connectivity index (χ4n) is 3.79. The molecule has 0 unspecified atom stereocenters. The van der Waals surface area contributed by atoms with Crippen LogP contribution in [-0.2, 0) is 4.74 Å². The van der Waals surface area contributed by atoms with Crippen molar-refractivity contribution in [1.82, 2.24) is 0 Å². The summed E-state index contributed by atoms with van der Waals surface area (Å²) in [5.74, 6) is 0.577. The highest BCUT2D eigenvalue weighted by Crippen LogP contribution is 2.15. The van der Waals surface area contributed by atoms with Crippen molar-refractivity contribution in [2.24, 2.45) is 5.92 Å². The van der Waals surface area contributed by atoms with Crippen LogP contribution < -0.4 is 0 Å². The number of allylic oxidation sites excluding steroid dienone is 21. The van der Waals surface area contributed by atoms with Crippen LogP contribution in [0.25, 0.3) is 0 Å². The molecular weight excluding hydrogens is 508 g/mol. The van der Waals surface area contributed by atoms with Gasteiger partial charge < -0.3 is 4.74 Å². The average molecular weight is 571 g/mol. The molecule has 0 aliphatic heterocycles. The van der Waals surface area contributed by atoms with E-state index in [1.807, 2.05) is 0 Å². The fraction of sp³-hybridized carbons (Fsp3) is 0.463. The second-order valence-corrected chi connectivity index (χ2v) is 12.5. The van der Waals surface area contributed by atoms with Gasteiger partial charge in [-0.1, -0.05) is 138 Å². The minimum Gasteiger partial charge on any atom is -0.378 e. The van der Waals surface area contributed by atoms with E-state index >= 15 is 0 Å². The molecule has 0 heterocycles. The van der Waals surface area contributed by atoms with Crippen molar-refractivity contribution in [3.63, 3.8) is 0 Å². The van der Waals surface area contributed by atoms with E-state index in [0.717, 1.165) is 32.1 Å². The lowest BCUT2D eigenvalue weighted by atomic mass is 10.0. The maximum absolute atomic E-state index is 5.45. The predicted molar refractivity (Wildman–Crippen MR) is 192 cm³/mol. The topological polar surface area (TPSA) is 9.23 Å². The zero-order chi connectivity index (χ0) is 31.8. The summed E-state index contributed by atoms with van der Waals surface area (Å²) < 4.78 is 5.45. The molecule has 0 aliphatic rings. The van der Waals surface area contributed by atoms with Crippen molar-refractivity contribution in [2.45, 2.75) is 113 Å². The minimum atomic E-state index is -0.115. The summed E-state index contributed by atoms with van der Waals surface area (Å²) in [6, 6.07) is 0. The molecule has 1 atom stereocenters. The third-order valence-corrected chi connectivity index (χ3v) is 6.98. The molecule has 0 saturated carbocycles. The zero-order valence-electron chi connectivity index (χ0n) is 29.0. The van der Waals surface area contributed by atoms with Gasteiger partial charge in [-0.25, -0.2) is 0 Å². The first-order valence-electron chi connectivity index (χ1n) is 15.7. The largest absolute Gasteiger partial charge is 0.378 e. The van der Waals surface area contributed by atoms with Crippen LogP contribution in [0.15, 0.2) is 131 Å². The molecule has 0 aromatic carbocycles. The summed E-state index contributed by atoms with van der Waals surface area (Å²) >= 11 is 0. The van der Waals surface area contributed by atoms with E-state index in [-0.39, 0.29) is 5.60 Å². The summed E-state index contributed by atoms with van der Waals surface area (Å²) in [5, 5.41) is 0. The van der Waals surface area contributed by atoms with Crippen molar-refractivity contribution in [1.29, 1.82) is 0 Å². The van der Waals surface area contributed by atoms with Crippen LogP contribution >= 0.6 is 0 Å². The predicted octanol–water partition coefficient (Wildman–Crippen LogP) is 12.9. The van der Waals surface area contributed by atoms with E-state index in [2.05, 4.69) is 166 Å². The first kappa shape index (κ1) is 39.1. The molecule has 0 rings (SSSR count). The molecule has 42 heavy (non-hydrogen) atoms. The zero-order valence-corrected chi connectivity index (χ0v) is 29.0. The Kier molecular flexibility index (Phi) is 22.0. The monoisotopic (exact) mass is 570 g/mol. The molecule has 0 aliphatic carbocycles. The highest BCUT2D eigenvalue weighted by Gasteiger charge is 2.12. The highest BCUT2D eigenvalue weighted by molar-refractivity contribution is 5.31. The van der Waals surface area contributed by atoms with Gasteiger partial charge in [0.25, 0.3) is 0 Å². The Hall–Kier alpha value is -2.90. The van der Waals surface area contributed by atoms with Gasteiger partial charge >= 0.3 is 0 Å². The molecule has 0 bridgehead atoms. The Morgan fingerprint density at radius 2 is 1.24 bits per heavy atom. The number of ether oxygens (including phenoxy) is 1. The molecule has 0 spiro atoms. The molecule has 1 nitrogen and oxygen atoms in total. The molecule has 0 aromatic rings. The number of methoxy groups -OCH3 is 1. The number of hydrogen-bond donors (Lipinski definition) is 0. The molecule has 232 valence electrons. The van der Waals surface area contributed by atoms with Crippen molar-refractivity contribution in [3.05, 3.63) is 131 Å². The standard InChI is InChI=1S/C41H62O/c1-34(2)31-32-40(8)29-18-27-38(6)25-16-23-36(4)21-14-12-13-20-35(3)22-15-24-37(5)26-17-28-39(7)30-19-33-41(9,10)42-11/h12-15,17,19-22,24-26,28-31,36H,16,18,23,27,32-33H2,1-11H3/b13-12+,21-14+,22-15+,26-17+,30-19+,35-20+,37-24+,38-25+,39-28+,40-29+/t36-/m0/s1. The van der Waals surface area contributed by atoms with Crippen molar-refractivity contribution >= 4 is 0 Å². The van der Waals surface area contributed by atoms with Crippen molar-refractivity contribution in [2.75, 3.05) is 7.11 Å². The second-order valence-electron chi connectivity index (χ2n) is 12.5. The lowest BCUT2D eigenvalue weighted by Gasteiger charge is -2.20. The van der Waals surface area contributed by atoms with Gasteiger partial charge in [-0.15, -0.1) is 0 Å². The van der Waals surface area contributed by atoms with Crippen LogP contribution in [0.1, 0.15) is 108 Å². The number of rotatable bonds is 19. The summed E-state index contributed by atoms with van der Waals surface area (Å²) in [7, 11) is 1.76. The van der Waals surface area contributed by atoms with Crippen LogP contribution in [-0.4, -0.2) is 12.7 Å². The van der Waals surface area contributed by atoms with Gasteiger partial charge in [-0.05, 0) is 107 Å². The van der Waals surface area contributed by atoms with Gasteiger partial charge in [0.05, 0.1) is 5.60 Å². The Morgan fingerprint density at radius 3 is 1.83 bits per heavy atom. The molecule has 0 amide bonds. The molecule has 1 heteroatoms. The van der Waals surface area contributed by atoms with E-state index in [1.165, 1.54) is 39.9 Å². The van der Waals surface area contributed by atoms with Gasteiger partial charge in [0.15, 0.2) is 0 Å². The molecule has 0 saturated heterocycles. The van der Waals surface area contributed by atoms with Crippen molar-refractivity contribution in [3.8, 4) is 0 Å². The first-order chi connectivity index (χ1) is 19.8. The van der Waals surface area contributed by atoms with Crippen LogP contribution in [0.2, 0.25) is 0 Å². The van der Waals surface area contributed by atoms with Crippen LogP contribution in [0.5, 0.6) is 0 Å². The Morgan fingerprint density at radius 1 is 0.667 bits per heavy atom. The SMILES string of the molecule is COC(C)(C)C/C=C/C(C)=C/C=C/C(C)=C/C=C/C(C)=C/C=C/C=C/[C@H](C)CC/C=C(\C)CC/C=C(\C)CC=C(C)C. The summed E-state index contributed by atoms with van der Waals surface area (Å²) in [6.07, 6.45) is 41.7. The first-order valence-corrected chi connectivity index (χ1v) is 15.7. The third-order valence-electron chi connectivity index (χ3n) is 6.98. The number of hydrogen-bond acceptors (Lipinski definition) is 1. The van der Waals surface area contributed by atoms with E-state index in [0.29, 0.717) is 5.92 Å². The van der Waals surface area contributed by atoms with Gasteiger partial charge in [-0.3, -0.25) is 0 Å². The summed E-state index contributed by atoms with van der Waals surface area (Å²) in [5.41, 5.74) is 7.92. The Labute approximate surface area is 261 Å². The Bertz CT molecular complexity index is 1100. The van der Waals surface area contributed by atoms with Gasteiger partial charge in [-0.2, -0.15) is 0 Å². The minimum absolute atomic E-state index is 0.115. The van der Waals surface area contributed by atoms with E-state index < -0.39 is 0 Å². The lowest BCUT2D eigenvalue weighted by Crippen LogP contribution is -2.20. The Balaban J connectivity index is 4.49. The van der Waals surface area contributed by atoms with Crippen LogP contribution in [0.3, 0.4) is 0 Å². The molecule has 0 aromatic heterocycles. The normalized spacial score (nSPS) is 15.8. The van der Waals surface area contributed by atoms with Gasteiger partial charge in [0.1, 0.15) is 0 Å². The maximum atomic E-state index is 5.45. The van der Waals surface area contributed by atoms with E-state index in [1.54, 1.807) is 7.11 Å². The van der Waals surface area contributed by atoms with Crippen LogP contribution in [0, 0.1) is 5.92 Å². The third kappa shape index (κ3) is 24.9. The summed E-state index contributed by atoms with van der Waals surface area (Å²) in [4.78, 5) is 0. The second kappa shape index (κ2) is 23.6. The van der Waals surface area contributed by atoms with E-state index in [9.17, 15) is 0 Å². The molecule has 0 radical (unpaired) electrons. The smallest absolute Gasteiger partial charge is 0.0657 e. The van der Waals surface area contributed by atoms with Crippen LogP contribution in [0.4, 0.5) is 0 Å².